The normalized spacial score (nSPS) is 19.5. The van der Waals surface area contributed by atoms with E-state index < -0.39 is 12.1 Å². The molecule has 1 aromatic carbocycles. The Morgan fingerprint density at radius 2 is 2.27 bits per heavy atom. The number of nitrogens with zero attached hydrogens (tertiary/aromatic N) is 1. The molecule has 1 unspecified atom stereocenters. The summed E-state index contributed by atoms with van der Waals surface area (Å²) < 4.78 is 5.24. The molecule has 0 bridgehead atoms. The molecule has 0 radical (unpaired) electrons. The summed E-state index contributed by atoms with van der Waals surface area (Å²) in [7, 11) is 0. The fourth-order valence-electron chi connectivity index (χ4n) is 1.47. The van der Waals surface area contributed by atoms with Crippen LogP contribution in [0.1, 0.15) is 11.1 Å². The van der Waals surface area contributed by atoms with Crippen LogP contribution in [0.15, 0.2) is 29.3 Å². The molecule has 1 atom stereocenters. The van der Waals surface area contributed by atoms with E-state index in [4.69, 9.17) is 9.84 Å². The second kappa shape index (κ2) is 3.73. The number of carboxylic acids is 1. The molecule has 1 aromatic rings. The van der Waals surface area contributed by atoms with Gasteiger partial charge in [0.2, 0.25) is 12.0 Å². The van der Waals surface area contributed by atoms with Crippen molar-refractivity contribution < 1.29 is 14.6 Å². The lowest BCUT2D eigenvalue weighted by Gasteiger charge is -2.08. The summed E-state index contributed by atoms with van der Waals surface area (Å²) in [5.74, 6) is -0.539. The molecule has 4 nitrogen and oxygen atoms in total. The zero-order valence-corrected chi connectivity index (χ0v) is 8.30. The van der Waals surface area contributed by atoms with Crippen molar-refractivity contribution in [3.63, 3.8) is 0 Å². The van der Waals surface area contributed by atoms with Crippen LogP contribution >= 0.6 is 0 Å². The lowest BCUT2D eigenvalue weighted by atomic mass is 10.1. The molecule has 0 fully saturated rings. The highest BCUT2D eigenvalue weighted by Crippen LogP contribution is 2.15. The smallest absolute Gasteiger partial charge is 0.346 e. The number of aliphatic carboxylic acids is 1. The number of aliphatic imine (C=N–C) groups is 1. The minimum Gasteiger partial charge on any atom is -0.478 e. The van der Waals surface area contributed by atoms with E-state index in [0.717, 1.165) is 11.1 Å². The third-order valence-corrected chi connectivity index (χ3v) is 2.31. The fraction of sp³-hybridized carbons (Fsp3) is 0.273. The number of carboxylic acid groups (broad SMARTS) is 1. The van der Waals surface area contributed by atoms with Crippen molar-refractivity contribution in [3.8, 4) is 0 Å². The van der Waals surface area contributed by atoms with Gasteiger partial charge in [-0.05, 0) is 18.6 Å². The van der Waals surface area contributed by atoms with Crippen molar-refractivity contribution in [2.45, 2.75) is 13.0 Å². The number of hydrogen-bond acceptors (Lipinski definition) is 3. The number of carbonyl (C=O) groups is 1. The first kappa shape index (κ1) is 9.71. The van der Waals surface area contributed by atoms with E-state index in [1.807, 2.05) is 31.2 Å². The molecular weight excluding hydrogens is 194 g/mol. The van der Waals surface area contributed by atoms with Gasteiger partial charge >= 0.3 is 5.97 Å². The zero-order chi connectivity index (χ0) is 10.8. The molecule has 2 rings (SSSR count). The summed E-state index contributed by atoms with van der Waals surface area (Å²) in [4.78, 5) is 14.7. The first-order chi connectivity index (χ1) is 7.18. The van der Waals surface area contributed by atoms with E-state index in [0.29, 0.717) is 5.90 Å². The second-order valence-corrected chi connectivity index (χ2v) is 3.41. The summed E-state index contributed by atoms with van der Waals surface area (Å²) in [6.07, 6.45) is -0.834. The molecule has 78 valence electrons. The Kier molecular flexibility index (Phi) is 2.41. The number of ether oxygens (including phenoxy) is 1. The quantitative estimate of drug-likeness (QED) is 0.789. The van der Waals surface area contributed by atoms with Gasteiger partial charge in [0, 0.05) is 5.56 Å². The van der Waals surface area contributed by atoms with Gasteiger partial charge in [-0.25, -0.2) is 9.79 Å². The van der Waals surface area contributed by atoms with E-state index in [2.05, 4.69) is 4.99 Å². The maximum atomic E-state index is 10.7. The summed E-state index contributed by atoms with van der Waals surface area (Å²) >= 11 is 0. The Hall–Kier alpha value is -1.84. The summed E-state index contributed by atoms with van der Waals surface area (Å²) in [6.45, 7) is 2.13. The van der Waals surface area contributed by atoms with Crippen LogP contribution in [-0.2, 0) is 9.53 Å². The van der Waals surface area contributed by atoms with E-state index in [-0.39, 0.29) is 6.54 Å². The van der Waals surface area contributed by atoms with Gasteiger partial charge in [-0.1, -0.05) is 18.2 Å². The van der Waals surface area contributed by atoms with Crippen molar-refractivity contribution in [3.05, 3.63) is 35.4 Å². The lowest BCUT2D eigenvalue weighted by molar-refractivity contribution is -0.144. The van der Waals surface area contributed by atoms with Crippen molar-refractivity contribution in [2.24, 2.45) is 4.99 Å². The molecule has 0 spiro atoms. The van der Waals surface area contributed by atoms with Crippen molar-refractivity contribution >= 4 is 11.9 Å². The molecule has 1 heterocycles. The Bertz CT molecular complexity index is 426. The number of hydrogen-bond donors (Lipinski definition) is 1. The van der Waals surface area contributed by atoms with Crippen molar-refractivity contribution in [2.75, 3.05) is 6.54 Å². The van der Waals surface area contributed by atoms with Crippen LogP contribution in [0.25, 0.3) is 0 Å². The van der Waals surface area contributed by atoms with Crippen LogP contribution in [0.2, 0.25) is 0 Å². The SMILES string of the molecule is Cc1ccccc1C1=NCC(C(=O)O)O1. The second-order valence-electron chi connectivity index (χ2n) is 3.41. The predicted octanol–water partition coefficient (Wildman–Crippen LogP) is 1.23. The molecule has 0 amide bonds. The molecule has 15 heavy (non-hydrogen) atoms. The van der Waals surface area contributed by atoms with Gasteiger partial charge in [0.1, 0.15) is 0 Å². The summed E-state index contributed by atoms with van der Waals surface area (Å²) in [5, 5.41) is 8.75. The highest BCUT2D eigenvalue weighted by molar-refractivity contribution is 5.98. The Labute approximate surface area is 87.2 Å². The average Bonchev–Trinajstić information content (AvgIpc) is 2.67. The molecular formula is C11H11NO3. The lowest BCUT2D eigenvalue weighted by Crippen LogP contribution is -2.24. The molecule has 0 saturated heterocycles. The highest BCUT2D eigenvalue weighted by atomic mass is 16.5. The minimum absolute atomic E-state index is 0.193. The van der Waals surface area contributed by atoms with Gasteiger partial charge in [-0.2, -0.15) is 0 Å². The molecule has 1 aliphatic heterocycles. The maximum absolute atomic E-state index is 10.7. The monoisotopic (exact) mass is 205 g/mol. The number of benzene rings is 1. The summed E-state index contributed by atoms with van der Waals surface area (Å²) in [5.41, 5.74) is 1.89. The fourth-order valence-corrected chi connectivity index (χ4v) is 1.47. The minimum atomic E-state index is -0.970. The Balaban J connectivity index is 2.21. The van der Waals surface area contributed by atoms with Crippen LogP contribution in [0, 0.1) is 6.92 Å². The largest absolute Gasteiger partial charge is 0.478 e. The molecule has 0 saturated carbocycles. The predicted molar refractivity (Wildman–Crippen MR) is 55.1 cm³/mol. The van der Waals surface area contributed by atoms with Crippen LogP contribution < -0.4 is 0 Å². The average molecular weight is 205 g/mol. The van der Waals surface area contributed by atoms with Gasteiger partial charge < -0.3 is 9.84 Å². The Morgan fingerprint density at radius 3 is 2.87 bits per heavy atom. The molecule has 1 aliphatic rings. The molecule has 0 aliphatic carbocycles. The molecule has 1 N–H and O–H groups in total. The van der Waals surface area contributed by atoms with Gasteiger partial charge in [-0.3, -0.25) is 0 Å². The van der Waals surface area contributed by atoms with Crippen LogP contribution in [0.4, 0.5) is 0 Å². The van der Waals surface area contributed by atoms with Crippen molar-refractivity contribution in [1.29, 1.82) is 0 Å². The third kappa shape index (κ3) is 1.83. The highest BCUT2D eigenvalue weighted by Gasteiger charge is 2.27. The molecule has 0 aromatic heterocycles. The maximum Gasteiger partial charge on any atom is 0.346 e. The van der Waals surface area contributed by atoms with Gasteiger partial charge in [0.05, 0.1) is 6.54 Å². The van der Waals surface area contributed by atoms with Crippen LogP contribution in [-0.4, -0.2) is 29.6 Å². The van der Waals surface area contributed by atoms with E-state index in [9.17, 15) is 4.79 Å². The van der Waals surface area contributed by atoms with Gasteiger partial charge in [-0.15, -0.1) is 0 Å². The standard InChI is InChI=1S/C11H11NO3/c1-7-4-2-3-5-8(7)10-12-6-9(15-10)11(13)14/h2-5,9H,6H2,1H3,(H,13,14). The number of rotatable bonds is 2. The first-order valence-corrected chi connectivity index (χ1v) is 4.68. The van der Waals surface area contributed by atoms with Crippen LogP contribution in [0.5, 0.6) is 0 Å². The number of aryl methyl sites for hydroxylation is 1. The third-order valence-electron chi connectivity index (χ3n) is 2.31. The zero-order valence-electron chi connectivity index (χ0n) is 8.30. The van der Waals surface area contributed by atoms with E-state index in [1.54, 1.807) is 0 Å². The van der Waals surface area contributed by atoms with E-state index in [1.165, 1.54) is 0 Å². The van der Waals surface area contributed by atoms with Gasteiger partial charge in [0.15, 0.2) is 0 Å². The Morgan fingerprint density at radius 1 is 1.53 bits per heavy atom. The van der Waals surface area contributed by atoms with Crippen molar-refractivity contribution in [1.82, 2.24) is 0 Å². The van der Waals surface area contributed by atoms with Gasteiger partial charge in [0.25, 0.3) is 0 Å². The van der Waals surface area contributed by atoms with Crippen LogP contribution in [0.3, 0.4) is 0 Å². The summed E-state index contributed by atoms with van der Waals surface area (Å²) in [6, 6.07) is 7.61. The molecule has 4 heteroatoms. The first-order valence-electron chi connectivity index (χ1n) is 4.68. The van der Waals surface area contributed by atoms with E-state index >= 15 is 0 Å². The topological polar surface area (TPSA) is 58.9 Å².